The Kier molecular flexibility index (Phi) is 13.2. The molecule has 0 heterocycles. The van der Waals surface area contributed by atoms with E-state index >= 15 is 0 Å². The summed E-state index contributed by atoms with van der Waals surface area (Å²) in [5.41, 5.74) is 5.37. The molecule has 0 radical (unpaired) electrons. The van der Waals surface area contributed by atoms with E-state index in [2.05, 4.69) is 12.2 Å². The number of hydrogen-bond donors (Lipinski definition) is 2. The van der Waals surface area contributed by atoms with E-state index in [1.54, 1.807) is 0 Å². The number of nitrogens with one attached hydrogen (secondary N) is 1. The minimum absolute atomic E-state index is 0.793. The molecule has 0 aliphatic heterocycles. The van der Waals surface area contributed by atoms with Crippen LogP contribution in [0.4, 0.5) is 0 Å². The summed E-state index contributed by atoms with van der Waals surface area (Å²) in [5.74, 6) is 2.26. The number of nitrogens with two attached hydrogens (primary N) is 1. The van der Waals surface area contributed by atoms with Gasteiger partial charge in [0.1, 0.15) is 0 Å². The monoisotopic (exact) mass is 222 g/mol. The highest BCUT2D eigenvalue weighted by molar-refractivity contribution is 8.76. The molecule has 0 fully saturated rings. The van der Waals surface area contributed by atoms with Crippen molar-refractivity contribution in [2.45, 2.75) is 26.2 Å². The summed E-state index contributed by atoms with van der Waals surface area (Å²) in [6.07, 6.45) is 3.97. The maximum atomic E-state index is 5.37. The second kappa shape index (κ2) is 12.6. The van der Waals surface area contributed by atoms with E-state index in [-0.39, 0.29) is 0 Å². The van der Waals surface area contributed by atoms with Crippen LogP contribution < -0.4 is 11.1 Å². The standard InChI is InChI=1S/C9H22N2S2/c1-2-3-4-6-11-7-9-13-12-8-5-10/h11H,2-10H2,1H3. The van der Waals surface area contributed by atoms with Crippen molar-refractivity contribution < 1.29 is 0 Å². The predicted octanol–water partition coefficient (Wildman–Crippen LogP) is 2.11. The summed E-state index contributed by atoms with van der Waals surface area (Å²) in [4.78, 5) is 0. The third kappa shape index (κ3) is 12.6. The van der Waals surface area contributed by atoms with Gasteiger partial charge in [-0.15, -0.1) is 0 Å². The van der Waals surface area contributed by atoms with Crippen LogP contribution in [0.5, 0.6) is 0 Å². The molecule has 0 saturated carbocycles. The Bertz CT molecular complexity index is 81.7. The highest BCUT2D eigenvalue weighted by Crippen LogP contribution is 2.18. The summed E-state index contributed by atoms with van der Waals surface area (Å²) >= 11 is 0. The van der Waals surface area contributed by atoms with Gasteiger partial charge in [0.05, 0.1) is 0 Å². The number of unbranched alkanes of at least 4 members (excludes halogenated alkanes) is 2. The SMILES string of the molecule is CCCCCNCCSSCCN. The average Bonchev–Trinajstić information content (AvgIpc) is 2.16. The predicted molar refractivity (Wildman–Crippen MR) is 66.4 cm³/mol. The van der Waals surface area contributed by atoms with Gasteiger partial charge in [0.15, 0.2) is 0 Å². The summed E-state index contributed by atoms with van der Waals surface area (Å²) in [6.45, 7) is 5.34. The van der Waals surface area contributed by atoms with Gasteiger partial charge in [0.2, 0.25) is 0 Å². The van der Waals surface area contributed by atoms with Crippen LogP contribution in [0.3, 0.4) is 0 Å². The van der Waals surface area contributed by atoms with Gasteiger partial charge in [-0.2, -0.15) is 0 Å². The summed E-state index contributed by atoms with van der Waals surface area (Å²) < 4.78 is 0. The molecule has 0 unspecified atom stereocenters. The van der Waals surface area contributed by atoms with Gasteiger partial charge in [0, 0.05) is 24.6 Å². The largest absolute Gasteiger partial charge is 0.330 e. The summed E-state index contributed by atoms with van der Waals surface area (Å²) in [7, 11) is 3.79. The molecule has 13 heavy (non-hydrogen) atoms. The molecule has 0 bridgehead atoms. The van der Waals surface area contributed by atoms with Gasteiger partial charge < -0.3 is 11.1 Å². The van der Waals surface area contributed by atoms with Crippen molar-refractivity contribution in [1.82, 2.24) is 5.32 Å². The van der Waals surface area contributed by atoms with Crippen LogP contribution in [0, 0.1) is 0 Å². The normalized spacial score (nSPS) is 10.6. The molecule has 0 aromatic heterocycles. The first kappa shape index (κ1) is 13.6. The van der Waals surface area contributed by atoms with Crippen LogP contribution in [-0.4, -0.2) is 31.1 Å². The van der Waals surface area contributed by atoms with Crippen molar-refractivity contribution in [3.8, 4) is 0 Å². The lowest BCUT2D eigenvalue weighted by Crippen LogP contribution is -2.18. The Hall–Kier alpha value is 0.620. The van der Waals surface area contributed by atoms with Gasteiger partial charge in [-0.05, 0) is 13.0 Å². The third-order valence-corrected chi connectivity index (χ3v) is 4.04. The van der Waals surface area contributed by atoms with E-state index < -0.39 is 0 Å². The van der Waals surface area contributed by atoms with Crippen LogP contribution in [0.25, 0.3) is 0 Å². The molecule has 0 saturated heterocycles. The van der Waals surface area contributed by atoms with Crippen LogP contribution in [0.15, 0.2) is 0 Å². The van der Waals surface area contributed by atoms with Crippen molar-refractivity contribution in [2.24, 2.45) is 5.73 Å². The highest BCUT2D eigenvalue weighted by atomic mass is 33.1. The maximum Gasteiger partial charge on any atom is 0.0162 e. The molecule has 0 spiro atoms. The molecule has 80 valence electrons. The fourth-order valence-electron chi connectivity index (χ4n) is 0.905. The minimum Gasteiger partial charge on any atom is -0.330 e. The van der Waals surface area contributed by atoms with Crippen LogP contribution >= 0.6 is 21.6 Å². The molecule has 0 amide bonds. The molecule has 0 atom stereocenters. The molecular formula is C9H22N2S2. The van der Waals surface area contributed by atoms with Crippen molar-refractivity contribution in [3.63, 3.8) is 0 Å². The Balaban J connectivity index is 2.76. The fraction of sp³-hybridized carbons (Fsp3) is 1.00. The van der Waals surface area contributed by atoms with Gasteiger partial charge >= 0.3 is 0 Å². The van der Waals surface area contributed by atoms with Crippen molar-refractivity contribution in [3.05, 3.63) is 0 Å². The molecule has 0 aromatic rings. The first-order valence-electron chi connectivity index (χ1n) is 5.07. The average molecular weight is 222 g/mol. The zero-order valence-corrected chi connectivity index (χ0v) is 10.2. The molecule has 3 N–H and O–H groups in total. The van der Waals surface area contributed by atoms with E-state index in [0.717, 1.165) is 18.8 Å². The van der Waals surface area contributed by atoms with Gasteiger partial charge in [-0.1, -0.05) is 41.4 Å². The molecule has 4 heteroatoms. The van der Waals surface area contributed by atoms with Crippen LogP contribution in [-0.2, 0) is 0 Å². The topological polar surface area (TPSA) is 38.0 Å². The lowest BCUT2D eigenvalue weighted by atomic mass is 10.2. The fourth-order valence-corrected chi connectivity index (χ4v) is 2.71. The Morgan fingerprint density at radius 1 is 1.08 bits per heavy atom. The van der Waals surface area contributed by atoms with Gasteiger partial charge in [-0.3, -0.25) is 0 Å². The van der Waals surface area contributed by atoms with Gasteiger partial charge in [-0.25, -0.2) is 0 Å². The van der Waals surface area contributed by atoms with Crippen LogP contribution in [0.2, 0.25) is 0 Å². The summed E-state index contributed by atoms with van der Waals surface area (Å²) in [6, 6.07) is 0. The number of hydrogen-bond acceptors (Lipinski definition) is 4. The van der Waals surface area contributed by atoms with Crippen molar-refractivity contribution in [2.75, 3.05) is 31.1 Å². The zero-order chi connectivity index (χ0) is 9.78. The molecule has 0 aromatic carbocycles. The molecule has 0 aliphatic rings. The lowest BCUT2D eigenvalue weighted by Gasteiger charge is -2.03. The summed E-state index contributed by atoms with van der Waals surface area (Å²) in [5, 5.41) is 3.43. The first-order chi connectivity index (χ1) is 6.41. The van der Waals surface area contributed by atoms with Crippen molar-refractivity contribution in [1.29, 1.82) is 0 Å². The Morgan fingerprint density at radius 3 is 2.54 bits per heavy atom. The second-order valence-corrected chi connectivity index (χ2v) is 5.59. The van der Waals surface area contributed by atoms with E-state index in [1.165, 1.54) is 31.6 Å². The minimum atomic E-state index is 0.793. The first-order valence-corrected chi connectivity index (χ1v) is 7.55. The Morgan fingerprint density at radius 2 is 1.85 bits per heavy atom. The lowest BCUT2D eigenvalue weighted by molar-refractivity contribution is 0.636. The smallest absolute Gasteiger partial charge is 0.0162 e. The number of rotatable bonds is 10. The zero-order valence-electron chi connectivity index (χ0n) is 8.55. The second-order valence-electron chi connectivity index (χ2n) is 2.89. The molecule has 0 rings (SSSR count). The van der Waals surface area contributed by atoms with Crippen molar-refractivity contribution >= 4 is 21.6 Å². The molecule has 0 aliphatic carbocycles. The van der Waals surface area contributed by atoms with Gasteiger partial charge in [0.25, 0.3) is 0 Å². The van der Waals surface area contributed by atoms with E-state index in [9.17, 15) is 0 Å². The molecular weight excluding hydrogens is 200 g/mol. The Labute approximate surface area is 90.2 Å². The highest BCUT2D eigenvalue weighted by Gasteiger charge is 1.89. The van der Waals surface area contributed by atoms with E-state index in [0.29, 0.717) is 0 Å². The maximum absolute atomic E-state index is 5.37. The molecule has 2 nitrogen and oxygen atoms in total. The van der Waals surface area contributed by atoms with E-state index in [4.69, 9.17) is 5.73 Å². The quantitative estimate of drug-likeness (QED) is 0.438. The third-order valence-electron chi connectivity index (χ3n) is 1.60. The van der Waals surface area contributed by atoms with E-state index in [1.807, 2.05) is 21.6 Å². The van der Waals surface area contributed by atoms with Crippen LogP contribution in [0.1, 0.15) is 26.2 Å².